The minimum absolute atomic E-state index is 0.244. The van der Waals surface area contributed by atoms with Crippen LogP contribution in [0.1, 0.15) is 5.69 Å². The summed E-state index contributed by atoms with van der Waals surface area (Å²) in [5, 5.41) is 0. The maximum Gasteiger partial charge on any atom is 0.331 e. The Kier molecular flexibility index (Phi) is 3.78. The molecule has 4 aromatic rings. The van der Waals surface area contributed by atoms with Crippen LogP contribution >= 0.6 is 0 Å². The van der Waals surface area contributed by atoms with E-state index in [-0.39, 0.29) is 18.1 Å². The predicted molar refractivity (Wildman–Crippen MR) is 92.0 cm³/mol. The fourth-order valence-corrected chi connectivity index (χ4v) is 2.63. The van der Waals surface area contributed by atoms with E-state index in [0.717, 1.165) is 11.3 Å². The molecule has 6 heteroatoms. The second kappa shape index (κ2) is 6.24. The Hall–Kier alpha value is -3.41. The molecular weight excluding hydrogens is 321 g/mol. The average Bonchev–Trinajstić information content (AvgIpc) is 3.07. The Balaban J connectivity index is 1.71. The zero-order valence-corrected chi connectivity index (χ0v) is 13.1. The summed E-state index contributed by atoms with van der Waals surface area (Å²) in [6.07, 6.45) is 3.23. The highest BCUT2D eigenvalue weighted by atomic mass is 19.1. The van der Waals surface area contributed by atoms with Crippen molar-refractivity contribution in [3.8, 4) is 16.9 Å². The normalized spacial score (nSPS) is 10.9. The first kappa shape index (κ1) is 15.1. The lowest BCUT2D eigenvalue weighted by Gasteiger charge is -2.03. The molecule has 5 nitrogen and oxygen atoms in total. The molecule has 0 aliphatic carbocycles. The fourth-order valence-electron chi connectivity index (χ4n) is 2.63. The number of halogens is 1. The first-order chi connectivity index (χ1) is 12.2. The van der Waals surface area contributed by atoms with Crippen LogP contribution in [0, 0.1) is 5.82 Å². The van der Waals surface area contributed by atoms with Crippen molar-refractivity contribution in [2.75, 3.05) is 0 Å². The number of para-hydroxylation sites is 1. The van der Waals surface area contributed by atoms with Crippen LogP contribution in [0.25, 0.3) is 16.8 Å². The fraction of sp³-hybridized carbons (Fsp3) is 0.0526. The van der Waals surface area contributed by atoms with E-state index in [1.807, 2.05) is 30.3 Å². The molecule has 4 rings (SSSR count). The van der Waals surface area contributed by atoms with Crippen LogP contribution in [0.3, 0.4) is 0 Å². The molecule has 0 aliphatic rings. The molecule has 0 aliphatic heterocycles. The van der Waals surface area contributed by atoms with Crippen LogP contribution in [-0.2, 0) is 6.61 Å². The molecule has 0 saturated heterocycles. The highest BCUT2D eigenvalue weighted by Crippen LogP contribution is 2.23. The standard InChI is InChI=1S/C19H14FN3O2/c20-14-8-6-13(7-9-14)17-10-21-19(24)23-11-15(22-18(17)23)12-25-16-4-2-1-3-5-16/h1-11H,12H2,(H,21,24). The topological polar surface area (TPSA) is 59.4 Å². The van der Waals surface area contributed by atoms with Gasteiger partial charge in [-0.2, -0.15) is 0 Å². The summed E-state index contributed by atoms with van der Waals surface area (Å²) >= 11 is 0. The van der Waals surface area contributed by atoms with Crippen molar-refractivity contribution in [1.29, 1.82) is 0 Å². The Morgan fingerprint density at radius 2 is 1.84 bits per heavy atom. The molecule has 2 heterocycles. The number of hydrogen-bond acceptors (Lipinski definition) is 3. The Bertz CT molecular complexity index is 1070. The van der Waals surface area contributed by atoms with Crippen LogP contribution in [0.4, 0.5) is 4.39 Å². The smallest absolute Gasteiger partial charge is 0.331 e. The van der Waals surface area contributed by atoms with Crippen molar-refractivity contribution in [2.24, 2.45) is 0 Å². The molecule has 0 fully saturated rings. The molecule has 2 aromatic carbocycles. The maximum atomic E-state index is 13.2. The zero-order valence-electron chi connectivity index (χ0n) is 13.1. The van der Waals surface area contributed by atoms with Gasteiger partial charge in [-0.3, -0.25) is 4.40 Å². The molecule has 1 N–H and O–H groups in total. The summed E-state index contributed by atoms with van der Waals surface area (Å²) in [5.74, 6) is 0.414. The van der Waals surface area contributed by atoms with E-state index in [9.17, 15) is 9.18 Å². The van der Waals surface area contributed by atoms with Crippen LogP contribution in [0.15, 0.2) is 71.8 Å². The number of benzene rings is 2. The van der Waals surface area contributed by atoms with Crippen molar-refractivity contribution in [2.45, 2.75) is 6.61 Å². The molecule has 0 saturated carbocycles. The molecule has 0 bridgehead atoms. The summed E-state index contributed by atoms with van der Waals surface area (Å²) in [7, 11) is 0. The maximum absolute atomic E-state index is 13.2. The van der Waals surface area contributed by atoms with Crippen molar-refractivity contribution in [3.05, 3.63) is 89.0 Å². The summed E-state index contributed by atoms with van der Waals surface area (Å²) in [6.45, 7) is 0.244. The van der Waals surface area contributed by atoms with Gasteiger partial charge in [0.25, 0.3) is 0 Å². The monoisotopic (exact) mass is 335 g/mol. The van der Waals surface area contributed by atoms with Gasteiger partial charge in [0.05, 0.1) is 5.69 Å². The van der Waals surface area contributed by atoms with Gasteiger partial charge in [0.1, 0.15) is 18.2 Å². The van der Waals surface area contributed by atoms with Gasteiger partial charge in [-0.05, 0) is 29.8 Å². The molecule has 0 spiro atoms. The lowest BCUT2D eigenvalue weighted by atomic mass is 10.1. The number of imidazole rings is 1. The molecule has 25 heavy (non-hydrogen) atoms. The van der Waals surface area contributed by atoms with Gasteiger partial charge in [0.15, 0.2) is 5.65 Å². The van der Waals surface area contributed by atoms with Crippen LogP contribution in [0.5, 0.6) is 5.75 Å². The van der Waals surface area contributed by atoms with Gasteiger partial charge >= 0.3 is 5.69 Å². The van der Waals surface area contributed by atoms with Gasteiger partial charge in [-0.25, -0.2) is 14.2 Å². The van der Waals surface area contributed by atoms with Crippen molar-refractivity contribution in [1.82, 2.24) is 14.4 Å². The van der Waals surface area contributed by atoms with Gasteiger partial charge in [0.2, 0.25) is 0 Å². The minimum atomic E-state index is -0.315. The molecule has 0 unspecified atom stereocenters. The van der Waals surface area contributed by atoms with Crippen LogP contribution in [-0.4, -0.2) is 14.4 Å². The average molecular weight is 335 g/mol. The molecular formula is C19H14FN3O2. The Morgan fingerprint density at radius 3 is 2.60 bits per heavy atom. The first-order valence-corrected chi connectivity index (χ1v) is 7.74. The number of aromatic amines is 1. The number of H-pyrrole nitrogens is 1. The van der Waals surface area contributed by atoms with Crippen molar-refractivity contribution in [3.63, 3.8) is 0 Å². The first-order valence-electron chi connectivity index (χ1n) is 7.74. The number of rotatable bonds is 4. The van der Waals surface area contributed by atoms with Gasteiger partial charge in [-0.15, -0.1) is 0 Å². The molecule has 0 radical (unpaired) electrons. The Morgan fingerprint density at radius 1 is 1.08 bits per heavy atom. The third kappa shape index (κ3) is 3.01. The molecule has 124 valence electrons. The zero-order chi connectivity index (χ0) is 17.2. The van der Waals surface area contributed by atoms with E-state index >= 15 is 0 Å². The molecule has 2 aromatic heterocycles. The molecule has 0 atom stereocenters. The third-order valence-electron chi connectivity index (χ3n) is 3.84. The number of nitrogens with one attached hydrogen (secondary N) is 1. The number of ether oxygens (including phenoxy) is 1. The number of hydrogen-bond donors (Lipinski definition) is 1. The SMILES string of the molecule is O=c1[nH]cc(-c2ccc(F)cc2)c2nc(COc3ccccc3)cn12. The second-order valence-electron chi connectivity index (χ2n) is 5.54. The number of fused-ring (bicyclic) bond motifs is 1. The number of nitrogens with zero attached hydrogens (tertiary/aromatic N) is 2. The second-order valence-corrected chi connectivity index (χ2v) is 5.54. The predicted octanol–water partition coefficient (Wildman–Crippen LogP) is 3.41. The lowest BCUT2D eigenvalue weighted by Crippen LogP contribution is -2.15. The molecule has 0 amide bonds. The van der Waals surface area contributed by atoms with E-state index in [1.165, 1.54) is 16.5 Å². The van der Waals surface area contributed by atoms with E-state index < -0.39 is 0 Å². The van der Waals surface area contributed by atoms with Crippen LogP contribution < -0.4 is 10.4 Å². The van der Waals surface area contributed by atoms with E-state index in [1.54, 1.807) is 24.5 Å². The summed E-state index contributed by atoms with van der Waals surface area (Å²) < 4.78 is 20.3. The van der Waals surface area contributed by atoms with Gasteiger partial charge < -0.3 is 9.72 Å². The van der Waals surface area contributed by atoms with E-state index in [0.29, 0.717) is 16.9 Å². The number of aromatic nitrogens is 3. The summed E-state index contributed by atoms with van der Waals surface area (Å²) in [5.41, 5.74) is 2.32. The van der Waals surface area contributed by atoms with E-state index in [2.05, 4.69) is 9.97 Å². The lowest BCUT2D eigenvalue weighted by molar-refractivity contribution is 0.302. The quantitative estimate of drug-likeness (QED) is 0.622. The highest BCUT2D eigenvalue weighted by Gasteiger charge is 2.11. The minimum Gasteiger partial charge on any atom is -0.487 e. The highest BCUT2D eigenvalue weighted by molar-refractivity contribution is 5.76. The van der Waals surface area contributed by atoms with Crippen molar-refractivity contribution < 1.29 is 9.13 Å². The van der Waals surface area contributed by atoms with Gasteiger partial charge in [-0.1, -0.05) is 30.3 Å². The third-order valence-corrected chi connectivity index (χ3v) is 3.84. The van der Waals surface area contributed by atoms with Crippen molar-refractivity contribution >= 4 is 5.65 Å². The van der Waals surface area contributed by atoms with E-state index in [4.69, 9.17) is 4.74 Å². The Labute approximate surface area is 142 Å². The largest absolute Gasteiger partial charge is 0.487 e. The summed E-state index contributed by atoms with van der Waals surface area (Å²) in [4.78, 5) is 19.3. The van der Waals surface area contributed by atoms with Crippen LogP contribution in [0.2, 0.25) is 0 Å². The van der Waals surface area contributed by atoms with Gasteiger partial charge in [0, 0.05) is 18.0 Å². The summed E-state index contributed by atoms with van der Waals surface area (Å²) in [6, 6.07) is 15.4.